The summed E-state index contributed by atoms with van der Waals surface area (Å²) in [6.07, 6.45) is 1.45. The zero-order valence-electron chi connectivity index (χ0n) is 11.7. The van der Waals surface area contributed by atoms with Crippen LogP contribution >= 0.6 is 0 Å². The summed E-state index contributed by atoms with van der Waals surface area (Å²) in [5.41, 5.74) is 0.992. The van der Waals surface area contributed by atoms with Gasteiger partial charge in [-0.15, -0.1) is 5.10 Å². The minimum atomic E-state index is -0.316. The van der Waals surface area contributed by atoms with Crippen LogP contribution in [-0.4, -0.2) is 41.0 Å². The molecule has 6 nitrogen and oxygen atoms in total. The second kappa shape index (κ2) is 8.18. The van der Waals surface area contributed by atoms with Crippen molar-refractivity contribution in [3.63, 3.8) is 0 Å². The van der Waals surface area contributed by atoms with Crippen molar-refractivity contribution in [3.8, 4) is 0 Å². The summed E-state index contributed by atoms with van der Waals surface area (Å²) in [6.45, 7) is 10.9. The van der Waals surface area contributed by atoms with Gasteiger partial charge in [-0.1, -0.05) is 12.1 Å². The van der Waals surface area contributed by atoms with E-state index in [9.17, 15) is 0 Å². The molecule has 0 bridgehead atoms. The number of nitrogens with zero attached hydrogens (tertiary/aromatic N) is 3. The topological polar surface area (TPSA) is 61.2 Å². The lowest BCUT2D eigenvalue weighted by molar-refractivity contribution is -0.156. The van der Waals surface area contributed by atoms with Crippen molar-refractivity contribution in [3.05, 3.63) is 11.9 Å². The summed E-state index contributed by atoms with van der Waals surface area (Å²) in [7, 11) is 0. The maximum Gasteiger partial charge on any atom is 0.178 e. The number of hydrogen-bond donors (Lipinski definition) is 1. The molecule has 0 fully saturated rings. The third-order valence-corrected chi connectivity index (χ3v) is 2.62. The Balaban J connectivity index is 2.91. The SMILES string of the molecule is CCNC(c1cnnn1CC)C(OCC)OCC. The summed E-state index contributed by atoms with van der Waals surface area (Å²) >= 11 is 0. The molecule has 1 atom stereocenters. The van der Waals surface area contributed by atoms with Crippen molar-refractivity contribution in [2.75, 3.05) is 19.8 Å². The van der Waals surface area contributed by atoms with E-state index in [1.807, 2.05) is 25.5 Å². The van der Waals surface area contributed by atoms with E-state index in [4.69, 9.17) is 9.47 Å². The number of rotatable bonds is 9. The summed E-state index contributed by atoms with van der Waals surface area (Å²) in [5.74, 6) is 0. The highest BCUT2D eigenvalue weighted by Crippen LogP contribution is 2.19. The summed E-state index contributed by atoms with van der Waals surface area (Å²) < 4.78 is 13.2. The average molecular weight is 256 g/mol. The number of aryl methyl sites for hydroxylation is 1. The fourth-order valence-electron chi connectivity index (χ4n) is 1.88. The van der Waals surface area contributed by atoms with Gasteiger partial charge in [-0.05, 0) is 27.3 Å². The molecular weight excluding hydrogens is 232 g/mol. The van der Waals surface area contributed by atoms with Gasteiger partial charge in [-0.25, -0.2) is 4.68 Å². The number of hydrogen-bond acceptors (Lipinski definition) is 5. The Morgan fingerprint density at radius 2 is 1.89 bits per heavy atom. The molecule has 0 saturated carbocycles. The number of nitrogens with one attached hydrogen (secondary N) is 1. The van der Waals surface area contributed by atoms with Gasteiger partial charge >= 0.3 is 0 Å². The van der Waals surface area contributed by atoms with Crippen LogP contribution in [0.25, 0.3) is 0 Å². The second-order valence-electron chi connectivity index (χ2n) is 3.79. The average Bonchev–Trinajstić information content (AvgIpc) is 2.84. The third-order valence-electron chi connectivity index (χ3n) is 2.62. The smallest absolute Gasteiger partial charge is 0.178 e. The van der Waals surface area contributed by atoms with Gasteiger partial charge in [0.15, 0.2) is 6.29 Å². The van der Waals surface area contributed by atoms with E-state index in [1.165, 1.54) is 0 Å². The molecule has 104 valence electrons. The van der Waals surface area contributed by atoms with Crippen LogP contribution < -0.4 is 5.32 Å². The second-order valence-corrected chi connectivity index (χ2v) is 3.79. The molecule has 0 aromatic carbocycles. The fourth-order valence-corrected chi connectivity index (χ4v) is 1.88. The van der Waals surface area contributed by atoms with Crippen LogP contribution in [-0.2, 0) is 16.0 Å². The molecule has 6 heteroatoms. The molecule has 18 heavy (non-hydrogen) atoms. The predicted octanol–water partition coefficient (Wildman–Crippen LogP) is 1.35. The first-order valence-corrected chi connectivity index (χ1v) is 6.63. The van der Waals surface area contributed by atoms with Crippen molar-refractivity contribution < 1.29 is 9.47 Å². The van der Waals surface area contributed by atoms with Crippen molar-refractivity contribution in [1.29, 1.82) is 0 Å². The lowest BCUT2D eigenvalue weighted by atomic mass is 10.2. The van der Waals surface area contributed by atoms with Crippen molar-refractivity contribution in [2.24, 2.45) is 0 Å². The van der Waals surface area contributed by atoms with Gasteiger partial charge in [0.2, 0.25) is 0 Å². The van der Waals surface area contributed by atoms with Crippen LogP contribution in [0.15, 0.2) is 6.20 Å². The third kappa shape index (κ3) is 3.76. The Labute approximate surface area is 109 Å². The van der Waals surface area contributed by atoms with E-state index in [0.717, 1.165) is 18.8 Å². The minimum absolute atomic E-state index is 0.0511. The van der Waals surface area contributed by atoms with Gasteiger partial charge in [0.25, 0.3) is 0 Å². The van der Waals surface area contributed by atoms with E-state index >= 15 is 0 Å². The van der Waals surface area contributed by atoms with Gasteiger partial charge in [-0.2, -0.15) is 0 Å². The molecule has 0 aliphatic rings. The molecule has 0 aliphatic carbocycles. The van der Waals surface area contributed by atoms with E-state index in [-0.39, 0.29) is 12.3 Å². The lowest BCUT2D eigenvalue weighted by Gasteiger charge is -2.27. The van der Waals surface area contributed by atoms with Crippen molar-refractivity contribution in [2.45, 2.75) is 46.6 Å². The molecule has 1 N–H and O–H groups in total. The molecule has 0 saturated heterocycles. The molecule has 0 spiro atoms. The number of aromatic nitrogens is 3. The Bertz CT molecular complexity index is 324. The van der Waals surface area contributed by atoms with Gasteiger partial charge in [0.05, 0.1) is 11.9 Å². The first-order valence-electron chi connectivity index (χ1n) is 6.63. The summed E-state index contributed by atoms with van der Waals surface area (Å²) in [6, 6.07) is -0.0511. The quantitative estimate of drug-likeness (QED) is 0.676. The highest BCUT2D eigenvalue weighted by Gasteiger charge is 2.26. The first-order chi connectivity index (χ1) is 8.78. The van der Waals surface area contributed by atoms with E-state index in [0.29, 0.717) is 13.2 Å². The number of ether oxygens (including phenoxy) is 2. The van der Waals surface area contributed by atoms with E-state index in [1.54, 1.807) is 6.20 Å². The standard InChI is InChI=1S/C12H24N4O2/c1-5-13-11(12(17-7-3)18-8-4)10-9-14-15-16(10)6-2/h9,11-13H,5-8H2,1-4H3. The normalized spacial score (nSPS) is 13.2. The van der Waals surface area contributed by atoms with Crippen LogP contribution in [0.2, 0.25) is 0 Å². The van der Waals surface area contributed by atoms with Gasteiger partial charge in [0.1, 0.15) is 6.04 Å². The van der Waals surface area contributed by atoms with E-state index in [2.05, 4.69) is 22.6 Å². The Morgan fingerprint density at radius 1 is 1.22 bits per heavy atom. The van der Waals surface area contributed by atoms with Gasteiger partial charge in [-0.3, -0.25) is 0 Å². The molecule has 1 aromatic rings. The Hall–Kier alpha value is -0.980. The van der Waals surface area contributed by atoms with Crippen molar-refractivity contribution >= 4 is 0 Å². The molecule has 1 rings (SSSR count). The van der Waals surface area contributed by atoms with Crippen LogP contribution in [0, 0.1) is 0 Å². The summed E-state index contributed by atoms with van der Waals surface area (Å²) in [4.78, 5) is 0. The predicted molar refractivity (Wildman–Crippen MR) is 69.2 cm³/mol. The molecule has 0 amide bonds. The molecular formula is C12H24N4O2. The maximum atomic E-state index is 5.67. The monoisotopic (exact) mass is 256 g/mol. The molecule has 1 heterocycles. The maximum absolute atomic E-state index is 5.67. The lowest BCUT2D eigenvalue weighted by Crippen LogP contribution is -2.37. The van der Waals surface area contributed by atoms with Crippen LogP contribution in [0.1, 0.15) is 39.4 Å². The van der Waals surface area contributed by atoms with Gasteiger partial charge < -0.3 is 14.8 Å². The minimum Gasteiger partial charge on any atom is -0.351 e. The van der Waals surface area contributed by atoms with Crippen molar-refractivity contribution in [1.82, 2.24) is 20.3 Å². The molecule has 1 unspecified atom stereocenters. The largest absolute Gasteiger partial charge is 0.351 e. The zero-order valence-corrected chi connectivity index (χ0v) is 11.7. The van der Waals surface area contributed by atoms with Crippen LogP contribution in [0.4, 0.5) is 0 Å². The highest BCUT2D eigenvalue weighted by atomic mass is 16.7. The molecule has 0 aliphatic heterocycles. The van der Waals surface area contributed by atoms with E-state index < -0.39 is 0 Å². The highest BCUT2D eigenvalue weighted by molar-refractivity contribution is 5.03. The zero-order chi connectivity index (χ0) is 13.4. The fraction of sp³-hybridized carbons (Fsp3) is 0.833. The molecule has 1 aromatic heterocycles. The first kappa shape index (κ1) is 15.1. The van der Waals surface area contributed by atoms with Gasteiger partial charge in [0, 0.05) is 19.8 Å². The molecule has 0 radical (unpaired) electrons. The number of likely N-dealkylation sites (N-methyl/N-ethyl adjacent to an activating group) is 1. The Kier molecular flexibility index (Phi) is 6.85. The summed E-state index contributed by atoms with van der Waals surface area (Å²) in [5, 5.41) is 11.4. The Morgan fingerprint density at radius 3 is 2.39 bits per heavy atom. The van der Waals surface area contributed by atoms with Crippen LogP contribution in [0.3, 0.4) is 0 Å². The van der Waals surface area contributed by atoms with Crippen LogP contribution in [0.5, 0.6) is 0 Å².